The fraction of sp³-hybridized carbons (Fsp3) is 0.222. The molecule has 0 fully saturated rings. The Morgan fingerprint density at radius 1 is 1.04 bits per heavy atom. The van der Waals surface area contributed by atoms with Crippen molar-refractivity contribution in [2.24, 2.45) is 0 Å². The van der Waals surface area contributed by atoms with Gasteiger partial charge < -0.3 is 14.9 Å². The standard InChI is InChI=1S/C18H17BrCl2N4O2/c1-2-26-17-6-13(8-24-25-10-22-23-11-25)14(19)7-18(17)27-9-12-3-4-15(20)16(21)5-12/h3-7,10-11,24H,2,8-9H2,1H3. The molecule has 0 aliphatic heterocycles. The molecule has 1 heterocycles. The van der Waals surface area contributed by atoms with E-state index in [0.29, 0.717) is 41.3 Å². The molecule has 0 aliphatic carbocycles. The minimum absolute atomic E-state index is 0.349. The SMILES string of the molecule is CCOc1cc(CNn2cnnc2)c(Br)cc1OCc1ccc(Cl)c(Cl)c1. The third-order valence-corrected chi connectivity index (χ3v) is 5.14. The fourth-order valence-corrected chi connectivity index (χ4v) is 3.13. The average molecular weight is 472 g/mol. The summed E-state index contributed by atoms with van der Waals surface area (Å²) in [5.41, 5.74) is 5.10. The van der Waals surface area contributed by atoms with E-state index >= 15 is 0 Å². The number of nitrogens with zero attached hydrogens (tertiary/aromatic N) is 3. The van der Waals surface area contributed by atoms with Crippen LogP contribution in [0.3, 0.4) is 0 Å². The lowest BCUT2D eigenvalue weighted by molar-refractivity contribution is 0.269. The zero-order chi connectivity index (χ0) is 19.2. The second kappa shape index (κ2) is 9.30. The van der Waals surface area contributed by atoms with Crippen LogP contribution in [0.25, 0.3) is 0 Å². The number of halogens is 3. The van der Waals surface area contributed by atoms with E-state index < -0.39 is 0 Å². The van der Waals surface area contributed by atoms with Gasteiger partial charge in [0, 0.05) is 4.47 Å². The van der Waals surface area contributed by atoms with Crippen LogP contribution in [0.15, 0.2) is 47.5 Å². The maximum atomic E-state index is 6.06. The molecule has 3 aromatic rings. The second-order valence-corrected chi connectivity index (χ2v) is 7.23. The van der Waals surface area contributed by atoms with E-state index in [1.165, 1.54) is 0 Å². The van der Waals surface area contributed by atoms with Crippen LogP contribution in [-0.2, 0) is 13.2 Å². The molecule has 1 aromatic heterocycles. The molecular weight excluding hydrogens is 455 g/mol. The molecule has 0 atom stereocenters. The Morgan fingerprint density at radius 3 is 2.48 bits per heavy atom. The number of benzene rings is 2. The van der Waals surface area contributed by atoms with Gasteiger partial charge in [-0.3, -0.25) is 0 Å². The quantitative estimate of drug-likeness (QED) is 0.497. The monoisotopic (exact) mass is 470 g/mol. The highest BCUT2D eigenvalue weighted by atomic mass is 79.9. The van der Waals surface area contributed by atoms with Crippen molar-refractivity contribution in [1.82, 2.24) is 14.9 Å². The lowest BCUT2D eigenvalue weighted by Crippen LogP contribution is -2.12. The Labute approximate surface area is 175 Å². The van der Waals surface area contributed by atoms with Crippen LogP contribution in [0.5, 0.6) is 11.5 Å². The van der Waals surface area contributed by atoms with Crippen LogP contribution < -0.4 is 14.9 Å². The predicted octanol–water partition coefficient (Wildman–Crippen LogP) is 5.07. The molecule has 0 radical (unpaired) electrons. The lowest BCUT2D eigenvalue weighted by atomic mass is 10.2. The van der Waals surface area contributed by atoms with E-state index in [0.717, 1.165) is 15.6 Å². The summed E-state index contributed by atoms with van der Waals surface area (Å²) in [5.74, 6) is 1.31. The van der Waals surface area contributed by atoms with Gasteiger partial charge in [0.15, 0.2) is 11.5 Å². The highest BCUT2D eigenvalue weighted by Gasteiger charge is 2.12. The topological polar surface area (TPSA) is 61.2 Å². The molecule has 1 N–H and O–H groups in total. The number of aromatic nitrogens is 3. The smallest absolute Gasteiger partial charge is 0.162 e. The van der Waals surface area contributed by atoms with Gasteiger partial charge in [-0.2, -0.15) is 0 Å². The van der Waals surface area contributed by atoms with E-state index in [1.54, 1.807) is 29.5 Å². The predicted molar refractivity (Wildman–Crippen MR) is 109 cm³/mol. The highest BCUT2D eigenvalue weighted by Crippen LogP contribution is 2.35. The van der Waals surface area contributed by atoms with E-state index in [9.17, 15) is 0 Å². The first-order chi connectivity index (χ1) is 13.1. The third-order valence-electron chi connectivity index (χ3n) is 3.66. The molecular formula is C18H17BrCl2N4O2. The molecule has 0 saturated carbocycles. The molecule has 2 aromatic carbocycles. The van der Waals surface area contributed by atoms with Crippen molar-refractivity contribution >= 4 is 39.1 Å². The molecule has 0 aliphatic rings. The van der Waals surface area contributed by atoms with Crippen LogP contribution in [0, 0.1) is 0 Å². The number of hydrogen-bond acceptors (Lipinski definition) is 5. The average Bonchev–Trinajstić information content (AvgIpc) is 3.17. The molecule has 142 valence electrons. The summed E-state index contributed by atoms with van der Waals surface area (Å²) >= 11 is 15.6. The van der Waals surface area contributed by atoms with Gasteiger partial charge in [0.2, 0.25) is 0 Å². The first-order valence-electron chi connectivity index (χ1n) is 8.17. The van der Waals surface area contributed by atoms with E-state index in [1.807, 2.05) is 25.1 Å². The van der Waals surface area contributed by atoms with Crippen LogP contribution in [0.1, 0.15) is 18.1 Å². The van der Waals surface area contributed by atoms with Crippen molar-refractivity contribution in [3.8, 4) is 11.5 Å². The van der Waals surface area contributed by atoms with Crippen molar-refractivity contribution in [3.05, 3.63) is 68.6 Å². The molecule has 6 nitrogen and oxygen atoms in total. The Hall–Kier alpha value is -1.96. The van der Waals surface area contributed by atoms with Crippen LogP contribution in [0.4, 0.5) is 0 Å². The highest BCUT2D eigenvalue weighted by molar-refractivity contribution is 9.10. The van der Waals surface area contributed by atoms with Gasteiger partial charge in [0.05, 0.1) is 23.2 Å². The van der Waals surface area contributed by atoms with Gasteiger partial charge in [-0.1, -0.05) is 45.2 Å². The Morgan fingerprint density at radius 2 is 1.78 bits per heavy atom. The zero-order valence-corrected chi connectivity index (χ0v) is 17.6. The summed E-state index contributed by atoms with van der Waals surface area (Å²) in [7, 11) is 0. The molecule has 0 amide bonds. The van der Waals surface area contributed by atoms with Crippen LogP contribution >= 0.6 is 39.1 Å². The van der Waals surface area contributed by atoms with E-state index in [4.69, 9.17) is 32.7 Å². The molecule has 0 unspecified atom stereocenters. The van der Waals surface area contributed by atoms with E-state index in [-0.39, 0.29) is 0 Å². The molecule has 27 heavy (non-hydrogen) atoms. The Balaban J connectivity index is 1.75. The first kappa shape index (κ1) is 19.8. The normalized spacial score (nSPS) is 10.7. The first-order valence-corrected chi connectivity index (χ1v) is 9.72. The van der Waals surface area contributed by atoms with Crippen molar-refractivity contribution in [3.63, 3.8) is 0 Å². The van der Waals surface area contributed by atoms with Gasteiger partial charge >= 0.3 is 0 Å². The van der Waals surface area contributed by atoms with Crippen molar-refractivity contribution in [2.45, 2.75) is 20.1 Å². The minimum Gasteiger partial charge on any atom is -0.490 e. The molecule has 3 rings (SSSR count). The van der Waals surface area contributed by atoms with Gasteiger partial charge in [-0.15, -0.1) is 10.2 Å². The van der Waals surface area contributed by atoms with Crippen LogP contribution in [0.2, 0.25) is 10.0 Å². The van der Waals surface area contributed by atoms with Crippen molar-refractivity contribution in [1.29, 1.82) is 0 Å². The fourth-order valence-electron chi connectivity index (χ4n) is 2.34. The number of hydrogen-bond donors (Lipinski definition) is 1. The lowest BCUT2D eigenvalue weighted by Gasteiger charge is -2.16. The molecule has 0 saturated heterocycles. The summed E-state index contributed by atoms with van der Waals surface area (Å²) in [6.07, 6.45) is 3.18. The van der Waals surface area contributed by atoms with Crippen molar-refractivity contribution in [2.75, 3.05) is 12.0 Å². The van der Waals surface area contributed by atoms with Gasteiger partial charge in [0.1, 0.15) is 19.3 Å². The summed E-state index contributed by atoms with van der Waals surface area (Å²) in [6, 6.07) is 9.25. The summed E-state index contributed by atoms with van der Waals surface area (Å²) in [5, 5.41) is 8.53. The van der Waals surface area contributed by atoms with E-state index in [2.05, 4.69) is 31.6 Å². The molecule has 0 spiro atoms. The van der Waals surface area contributed by atoms with Gasteiger partial charge in [-0.25, -0.2) is 4.68 Å². The van der Waals surface area contributed by atoms with Gasteiger partial charge in [0.25, 0.3) is 0 Å². The number of ether oxygens (including phenoxy) is 2. The Bertz CT molecular complexity index is 907. The van der Waals surface area contributed by atoms with Crippen molar-refractivity contribution < 1.29 is 9.47 Å². The number of rotatable bonds is 8. The summed E-state index contributed by atoms with van der Waals surface area (Å²) < 4.78 is 14.3. The third kappa shape index (κ3) is 5.28. The minimum atomic E-state index is 0.349. The second-order valence-electron chi connectivity index (χ2n) is 5.56. The number of nitrogens with one attached hydrogen (secondary N) is 1. The summed E-state index contributed by atoms with van der Waals surface area (Å²) in [6.45, 7) is 3.37. The Kier molecular flexibility index (Phi) is 6.82. The molecule has 0 bridgehead atoms. The maximum absolute atomic E-state index is 6.06. The van der Waals surface area contributed by atoms with Gasteiger partial charge in [-0.05, 0) is 42.3 Å². The zero-order valence-electron chi connectivity index (χ0n) is 14.5. The summed E-state index contributed by atoms with van der Waals surface area (Å²) in [4.78, 5) is 0. The molecule has 9 heteroatoms. The van der Waals surface area contributed by atoms with Crippen LogP contribution in [-0.4, -0.2) is 21.5 Å². The largest absolute Gasteiger partial charge is 0.490 e. The maximum Gasteiger partial charge on any atom is 0.162 e.